The second kappa shape index (κ2) is 8.59. The lowest BCUT2D eigenvalue weighted by Crippen LogP contribution is -2.08. The predicted octanol–water partition coefficient (Wildman–Crippen LogP) is 3.58. The number of anilines is 1. The molecule has 1 aromatic carbocycles. The number of nitrogens with zero attached hydrogens (tertiary/aromatic N) is 3. The van der Waals surface area contributed by atoms with Crippen molar-refractivity contribution in [3.63, 3.8) is 0 Å². The Labute approximate surface area is 161 Å². The number of nitrogens with one attached hydrogen (secondary N) is 1. The molecular formula is C19H20N4O3S. The lowest BCUT2D eigenvalue weighted by molar-refractivity contribution is -0.115. The summed E-state index contributed by atoms with van der Waals surface area (Å²) in [5.41, 5.74) is 3.03. The number of carbonyl (C=O) groups is 2. The number of amides is 1. The van der Waals surface area contributed by atoms with Crippen LogP contribution in [0, 0.1) is 0 Å². The van der Waals surface area contributed by atoms with Gasteiger partial charge in [0.25, 0.3) is 0 Å². The minimum Gasteiger partial charge on any atom is -0.462 e. The number of carbonyl (C=O) groups excluding carboxylic acids is 2. The van der Waals surface area contributed by atoms with Gasteiger partial charge in [-0.05, 0) is 19.1 Å². The van der Waals surface area contributed by atoms with E-state index in [1.165, 1.54) is 17.5 Å². The van der Waals surface area contributed by atoms with Crippen molar-refractivity contribution in [1.82, 2.24) is 14.8 Å². The molecule has 0 saturated heterocycles. The van der Waals surface area contributed by atoms with Crippen molar-refractivity contribution in [3.05, 3.63) is 52.6 Å². The second-order valence-electron chi connectivity index (χ2n) is 5.75. The summed E-state index contributed by atoms with van der Waals surface area (Å²) in [6.45, 7) is 4.40. The normalized spacial score (nSPS) is 10.6. The first-order valence-electron chi connectivity index (χ1n) is 8.63. The van der Waals surface area contributed by atoms with Crippen LogP contribution in [-0.2, 0) is 16.1 Å². The highest BCUT2D eigenvalue weighted by Crippen LogP contribution is 2.24. The van der Waals surface area contributed by atoms with Gasteiger partial charge in [0.15, 0.2) is 0 Å². The summed E-state index contributed by atoms with van der Waals surface area (Å²) in [5.74, 6) is -0.390. The summed E-state index contributed by atoms with van der Waals surface area (Å²) >= 11 is 1.53. The molecule has 7 nitrogen and oxygen atoms in total. The molecule has 1 amide bonds. The minimum absolute atomic E-state index is 0.0138. The fourth-order valence-corrected chi connectivity index (χ4v) is 3.19. The van der Waals surface area contributed by atoms with Gasteiger partial charge in [-0.1, -0.05) is 19.1 Å². The van der Waals surface area contributed by atoms with E-state index in [0.717, 1.165) is 22.0 Å². The Morgan fingerprint density at radius 1 is 1.22 bits per heavy atom. The van der Waals surface area contributed by atoms with Crippen molar-refractivity contribution in [2.24, 2.45) is 0 Å². The molecular weight excluding hydrogens is 364 g/mol. The highest BCUT2D eigenvalue weighted by Gasteiger charge is 2.11. The second-order valence-corrected chi connectivity index (χ2v) is 6.70. The summed E-state index contributed by atoms with van der Waals surface area (Å²) in [6.07, 6.45) is 3.60. The number of rotatable bonds is 7. The topological polar surface area (TPSA) is 86.1 Å². The van der Waals surface area contributed by atoms with Crippen LogP contribution in [0.4, 0.5) is 5.69 Å². The molecule has 0 aliphatic carbocycles. The summed E-state index contributed by atoms with van der Waals surface area (Å²) < 4.78 is 6.63. The monoisotopic (exact) mass is 384 g/mol. The fourth-order valence-electron chi connectivity index (χ4n) is 2.40. The highest BCUT2D eigenvalue weighted by atomic mass is 32.1. The third kappa shape index (κ3) is 4.79. The van der Waals surface area contributed by atoms with E-state index in [4.69, 9.17) is 4.74 Å². The summed E-state index contributed by atoms with van der Waals surface area (Å²) in [7, 11) is 0. The Balaban J connectivity index is 1.66. The van der Waals surface area contributed by atoms with Gasteiger partial charge in [0.1, 0.15) is 5.01 Å². The van der Waals surface area contributed by atoms with Gasteiger partial charge in [-0.3, -0.25) is 9.48 Å². The number of hydrogen-bond donors (Lipinski definition) is 1. The molecule has 1 N–H and O–H groups in total. The zero-order valence-corrected chi connectivity index (χ0v) is 16.0. The molecule has 8 heteroatoms. The number of esters is 1. The molecule has 0 fully saturated rings. The van der Waals surface area contributed by atoms with E-state index in [1.807, 2.05) is 36.6 Å². The van der Waals surface area contributed by atoms with Gasteiger partial charge < -0.3 is 10.1 Å². The zero-order valence-electron chi connectivity index (χ0n) is 15.1. The third-order valence-electron chi connectivity index (χ3n) is 3.78. The largest absolute Gasteiger partial charge is 0.462 e. The number of aromatic nitrogens is 3. The van der Waals surface area contributed by atoms with Crippen LogP contribution in [0.25, 0.3) is 11.3 Å². The van der Waals surface area contributed by atoms with Gasteiger partial charge in [-0.2, -0.15) is 5.10 Å². The Morgan fingerprint density at radius 2 is 2.00 bits per heavy atom. The molecule has 0 aliphatic heterocycles. The van der Waals surface area contributed by atoms with Crippen LogP contribution in [0.15, 0.2) is 42.0 Å². The van der Waals surface area contributed by atoms with Crippen LogP contribution in [0.5, 0.6) is 0 Å². The van der Waals surface area contributed by atoms with E-state index in [9.17, 15) is 9.59 Å². The first-order valence-corrected chi connectivity index (χ1v) is 9.51. The average Bonchev–Trinajstić information content (AvgIpc) is 3.33. The first kappa shape index (κ1) is 18.8. The van der Waals surface area contributed by atoms with E-state index < -0.39 is 0 Å². The molecule has 0 spiro atoms. The van der Waals surface area contributed by atoms with Crippen molar-refractivity contribution < 1.29 is 14.3 Å². The Hall–Kier alpha value is -3.00. The van der Waals surface area contributed by atoms with Gasteiger partial charge >= 0.3 is 5.97 Å². The SMILES string of the molecule is CCOC(=O)c1cnn(Cc2nc(-c3ccc(NC(=O)CC)cc3)cs2)c1. The molecule has 2 aromatic heterocycles. The van der Waals surface area contributed by atoms with E-state index in [2.05, 4.69) is 15.4 Å². The maximum absolute atomic E-state index is 11.7. The Morgan fingerprint density at radius 3 is 2.70 bits per heavy atom. The maximum Gasteiger partial charge on any atom is 0.341 e. The molecule has 0 bridgehead atoms. The molecule has 27 heavy (non-hydrogen) atoms. The van der Waals surface area contributed by atoms with E-state index in [1.54, 1.807) is 17.8 Å². The molecule has 0 saturated carbocycles. The van der Waals surface area contributed by atoms with Crippen molar-refractivity contribution in [2.45, 2.75) is 26.8 Å². The van der Waals surface area contributed by atoms with Crippen molar-refractivity contribution in [2.75, 3.05) is 11.9 Å². The van der Waals surface area contributed by atoms with E-state index in [-0.39, 0.29) is 11.9 Å². The number of thiazole rings is 1. The van der Waals surface area contributed by atoms with Crippen LogP contribution < -0.4 is 5.32 Å². The minimum atomic E-state index is -0.376. The Bertz CT molecular complexity index is 931. The van der Waals surface area contributed by atoms with Crippen LogP contribution in [0.3, 0.4) is 0 Å². The molecule has 140 valence electrons. The zero-order chi connectivity index (χ0) is 19.2. The van der Waals surface area contributed by atoms with Crippen molar-refractivity contribution in [3.8, 4) is 11.3 Å². The number of benzene rings is 1. The molecule has 0 atom stereocenters. The first-order chi connectivity index (χ1) is 13.1. The van der Waals surface area contributed by atoms with Crippen molar-refractivity contribution >= 4 is 28.9 Å². The smallest absolute Gasteiger partial charge is 0.341 e. The number of ether oxygens (including phenoxy) is 1. The van der Waals surface area contributed by atoms with Gasteiger partial charge in [-0.15, -0.1) is 11.3 Å². The van der Waals surface area contributed by atoms with Crippen LogP contribution in [0.2, 0.25) is 0 Å². The highest BCUT2D eigenvalue weighted by molar-refractivity contribution is 7.09. The molecule has 3 aromatic rings. The predicted molar refractivity (Wildman–Crippen MR) is 104 cm³/mol. The molecule has 2 heterocycles. The van der Waals surface area contributed by atoms with Gasteiger partial charge in [0, 0.05) is 29.2 Å². The van der Waals surface area contributed by atoms with Crippen molar-refractivity contribution in [1.29, 1.82) is 0 Å². The van der Waals surface area contributed by atoms with E-state index in [0.29, 0.717) is 25.1 Å². The van der Waals surface area contributed by atoms with Crippen LogP contribution in [0.1, 0.15) is 35.6 Å². The van der Waals surface area contributed by atoms with Gasteiger partial charge in [0.05, 0.1) is 30.6 Å². The lowest BCUT2D eigenvalue weighted by atomic mass is 10.1. The summed E-state index contributed by atoms with van der Waals surface area (Å²) in [6, 6.07) is 7.58. The molecule has 3 rings (SSSR count). The lowest BCUT2D eigenvalue weighted by Gasteiger charge is -2.04. The van der Waals surface area contributed by atoms with Crippen LogP contribution in [-0.4, -0.2) is 33.2 Å². The molecule has 0 unspecified atom stereocenters. The third-order valence-corrected chi connectivity index (χ3v) is 4.61. The fraction of sp³-hybridized carbons (Fsp3) is 0.263. The van der Waals surface area contributed by atoms with Gasteiger partial charge in [0.2, 0.25) is 5.91 Å². The van der Waals surface area contributed by atoms with Crippen LogP contribution >= 0.6 is 11.3 Å². The molecule has 0 aliphatic rings. The molecule has 0 radical (unpaired) electrons. The van der Waals surface area contributed by atoms with Gasteiger partial charge in [-0.25, -0.2) is 9.78 Å². The maximum atomic E-state index is 11.7. The summed E-state index contributed by atoms with van der Waals surface area (Å²) in [5, 5.41) is 9.87. The quantitative estimate of drug-likeness (QED) is 0.629. The Kier molecular flexibility index (Phi) is 5.97. The average molecular weight is 384 g/mol. The van der Waals surface area contributed by atoms with E-state index >= 15 is 0 Å². The standard InChI is InChI=1S/C19H20N4O3S/c1-3-17(24)21-15-7-5-13(6-8-15)16-12-27-18(22-16)11-23-10-14(9-20-23)19(25)26-4-2/h5-10,12H,3-4,11H2,1-2H3,(H,21,24). The summed E-state index contributed by atoms with van der Waals surface area (Å²) in [4.78, 5) is 27.8. The number of hydrogen-bond acceptors (Lipinski definition) is 6.